The zero-order chi connectivity index (χ0) is 24.0. The summed E-state index contributed by atoms with van der Waals surface area (Å²) in [5.41, 5.74) is 8.65. The van der Waals surface area contributed by atoms with Crippen LogP contribution in [0.5, 0.6) is 0 Å². The van der Waals surface area contributed by atoms with Gasteiger partial charge in [0.05, 0.1) is 0 Å². The smallest absolute Gasteiger partial charge is 0.267 e. The van der Waals surface area contributed by atoms with Gasteiger partial charge < -0.3 is 9.97 Å². The van der Waals surface area contributed by atoms with E-state index in [4.69, 9.17) is 5.21 Å². The van der Waals surface area contributed by atoms with Crippen molar-refractivity contribution in [2.24, 2.45) is 0 Å². The summed E-state index contributed by atoms with van der Waals surface area (Å²) >= 11 is 0. The van der Waals surface area contributed by atoms with E-state index in [-0.39, 0.29) is 0 Å². The average molecular weight is 465 g/mol. The van der Waals surface area contributed by atoms with Crippen LogP contribution in [0.15, 0.2) is 91.3 Å². The highest BCUT2D eigenvalue weighted by atomic mass is 16.5. The topological polar surface area (TPSA) is 84.2 Å². The van der Waals surface area contributed by atoms with E-state index in [2.05, 4.69) is 87.9 Å². The summed E-state index contributed by atoms with van der Waals surface area (Å²) in [5, 5.41) is 11.2. The molecule has 0 aliphatic heterocycles. The molecule has 176 valence electrons. The van der Waals surface area contributed by atoms with Crippen LogP contribution in [-0.4, -0.2) is 32.5 Å². The first-order valence-electron chi connectivity index (χ1n) is 11.7. The van der Waals surface area contributed by atoms with Gasteiger partial charge in [-0.2, -0.15) is 0 Å². The highest BCUT2D eigenvalue weighted by molar-refractivity contribution is 5.90. The SMILES string of the molecule is O=C(/C=C/c1ccc(CN(CCc2c[nH]c3ccccc23)Cc2c[nH]c3ccccc23)cc1)NO. The molecule has 0 saturated carbocycles. The number of carbonyl (C=O) groups is 1. The van der Waals surface area contributed by atoms with Gasteiger partial charge in [0.1, 0.15) is 0 Å². The molecule has 35 heavy (non-hydrogen) atoms. The molecule has 0 fully saturated rings. The number of benzene rings is 3. The van der Waals surface area contributed by atoms with Gasteiger partial charge in [0.25, 0.3) is 5.91 Å². The Morgan fingerprint density at radius 3 is 2.14 bits per heavy atom. The Morgan fingerprint density at radius 2 is 1.46 bits per heavy atom. The fraction of sp³-hybridized carbons (Fsp3) is 0.138. The molecule has 0 aliphatic carbocycles. The van der Waals surface area contributed by atoms with Gasteiger partial charge in [0, 0.05) is 59.9 Å². The van der Waals surface area contributed by atoms with E-state index in [9.17, 15) is 4.79 Å². The van der Waals surface area contributed by atoms with Gasteiger partial charge in [-0.15, -0.1) is 0 Å². The Hall–Kier alpha value is -4.13. The minimum absolute atomic E-state index is 0.545. The van der Waals surface area contributed by atoms with Gasteiger partial charge in [0.2, 0.25) is 0 Å². The zero-order valence-corrected chi connectivity index (χ0v) is 19.4. The molecule has 0 saturated heterocycles. The highest BCUT2D eigenvalue weighted by Gasteiger charge is 2.12. The highest BCUT2D eigenvalue weighted by Crippen LogP contribution is 2.22. The number of hydrogen-bond donors (Lipinski definition) is 4. The van der Waals surface area contributed by atoms with Gasteiger partial charge in [0.15, 0.2) is 0 Å². The molecular weight excluding hydrogens is 436 g/mol. The van der Waals surface area contributed by atoms with E-state index in [0.717, 1.165) is 37.1 Å². The molecule has 2 aromatic heterocycles. The van der Waals surface area contributed by atoms with E-state index in [1.165, 1.54) is 39.1 Å². The van der Waals surface area contributed by atoms with Gasteiger partial charge in [-0.25, -0.2) is 5.48 Å². The van der Waals surface area contributed by atoms with E-state index in [1.54, 1.807) is 11.6 Å². The molecule has 1 amide bonds. The minimum Gasteiger partial charge on any atom is -0.361 e. The first-order valence-corrected chi connectivity index (χ1v) is 11.7. The van der Waals surface area contributed by atoms with Crippen molar-refractivity contribution in [3.63, 3.8) is 0 Å². The van der Waals surface area contributed by atoms with Crippen molar-refractivity contribution < 1.29 is 10.0 Å². The predicted octanol–water partition coefficient (Wildman–Crippen LogP) is 5.41. The van der Waals surface area contributed by atoms with Crippen LogP contribution >= 0.6 is 0 Å². The maximum absolute atomic E-state index is 11.2. The molecule has 2 heterocycles. The normalized spacial score (nSPS) is 11.7. The van der Waals surface area contributed by atoms with Gasteiger partial charge in [-0.3, -0.25) is 14.9 Å². The third-order valence-corrected chi connectivity index (χ3v) is 6.36. The lowest BCUT2D eigenvalue weighted by Gasteiger charge is -2.22. The first kappa shape index (κ1) is 22.7. The molecule has 6 heteroatoms. The number of aromatic amines is 2. The van der Waals surface area contributed by atoms with Crippen LogP contribution in [0.2, 0.25) is 0 Å². The number of nitrogens with one attached hydrogen (secondary N) is 3. The van der Waals surface area contributed by atoms with Crippen LogP contribution in [0, 0.1) is 0 Å². The molecule has 0 bridgehead atoms. The Labute approximate surface area is 203 Å². The second-order valence-corrected chi connectivity index (χ2v) is 8.73. The minimum atomic E-state index is -0.545. The molecule has 4 N–H and O–H groups in total. The number of aromatic nitrogens is 2. The number of fused-ring (bicyclic) bond motifs is 2. The van der Waals surface area contributed by atoms with E-state index >= 15 is 0 Å². The van der Waals surface area contributed by atoms with Crippen LogP contribution in [0.1, 0.15) is 22.3 Å². The molecule has 3 aromatic carbocycles. The number of carbonyl (C=O) groups excluding carboxylic acids is 1. The standard InChI is InChI=1S/C29H28N4O2/c34-29(32-35)14-13-21-9-11-22(12-10-21)19-33(20-24-18-31-28-8-4-2-6-26(24)28)16-15-23-17-30-27-7-3-1-5-25(23)27/h1-14,17-18,30-31,35H,15-16,19-20H2,(H,32,34)/b14-13+. The summed E-state index contributed by atoms with van der Waals surface area (Å²) < 4.78 is 0. The van der Waals surface area contributed by atoms with Crippen molar-refractivity contribution >= 4 is 33.8 Å². The number of rotatable bonds is 9. The monoisotopic (exact) mass is 464 g/mol. The molecule has 6 nitrogen and oxygen atoms in total. The number of H-pyrrole nitrogens is 2. The number of hydrogen-bond acceptors (Lipinski definition) is 3. The number of hydroxylamine groups is 1. The Morgan fingerprint density at radius 1 is 0.829 bits per heavy atom. The fourth-order valence-electron chi connectivity index (χ4n) is 4.54. The lowest BCUT2D eigenvalue weighted by atomic mass is 10.1. The van der Waals surface area contributed by atoms with Crippen molar-refractivity contribution in [3.05, 3.63) is 114 Å². The molecule has 0 radical (unpaired) electrons. The number of amides is 1. The summed E-state index contributed by atoms with van der Waals surface area (Å²) in [5.74, 6) is -0.545. The molecule has 5 aromatic rings. The number of para-hydroxylation sites is 2. The number of nitrogens with zero attached hydrogens (tertiary/aromatic N) is 1. The van der Waals surface area contributed by atoms with Crippen molar-refractivity contribution in [3.8, 4) is 0 Å². The summed E-state index contributed by atoms with van der Waals surface area (Å²) in [6.07, 6.45) is 8.17. The van der Waals surface area contributed by atoms with Crippen LogP contribution in [0.25, 0.3) is 27.9 Å². The summed E-state index contributed by atoms with van der Waals surface area (Å²) in [4.78, 5) is 20.5. The maximum atomic E-state index is 11.2. The Balaban J connectivity index is 1.35. The molecule has 0 unspecified atom stereocenters. The van der Waals surface area contributed by atoms with E-state index in [1.807, 2.05) is 12.1 Å². The summed E-state index contributed by atoms with van der Waals surface area (Å²) in [6, 6.07) is 25.0. The Kier molecular flexibility index (Phi) is 6.75. The van der Waals surface area contributed by atoms with Gasteiger partial charge in [-0.05, 0) is 46.9 Å². The third-order valence-electron chi connectivity index (χ3n) is 6.36. The van der Waals surface area contributed by atoms with Crippen LogP contribution in [0.4, 0.5) is 0 Å². The fourth-order valence-corrected chi connectivity index (χ4v) is 4.54. The predicted molar refractivity (Wildman–Crippen MR) is 140 cm³/mol. The Bertz CT molecular complexity index is 1460. The summed E-state index contributed by atoms with van der Waals surface area (Å²) in [7, 11) is 0. The summed E-state index contributed by atoms with van der Waals surface area (Å²) in [6.45, 7) is 2.56. The average Bonchev–Trinajstić information content (AvgIpc) is 3.51. The lowest BCUT2D eigenvalue weighted by molar-refractivity contribution is -0.124. The van der Waals surface area contributed by atoms with E-state index in [0.29, 0.717) is 0 Å². The van der Waals surface area contributed by atoms with Crippen LogP contribution < -0.4 is 5.48 Å². The van der Waals surface area contributed by atoms with Crippen LogP contribution in [0.3, 0.4) is 0 Å². The molecule has 0 atom stereocenters. The van der Waals surface area contributed by atoms with Crippen molar-refractivity contribution in [2.45, 2.75) is 19.5 Å². The second kappa shape index (κ2) is 10.4. The third kappa shape index (κ3) is 5.35. The zero-order valence-electron chi connectivity index (χ0n) is 19.4. The van der Waals surface area contributed by atoms with Crippen molar-refractivity contribution in [2.75, 3.05) is 6.54 Å². The van der Waals surface area contributed by atoms with Gasteiger partial charge >= 0.3 is 0 Å². The molecular formula is C29H28N4O2. The maximum Gasteiger partial charge on any atom is 0.267 e. The van der Waals surface area contributed by atoms with Crippen molar-refractivity contribution in [1.82, 2.24) is 20.3 Å². The lowest BCUT2D eigenvalue weighted by Crippen LogP contribution is -2.25. The van der Waals surface area contributed by atoms with E-state index < -0.39 is 5.91 Å². The molecule has 0 spiro atoms. The quantitative estimate of drug-likeness (QED) is 0.134. The van der Waals surface area contributed by atoms with Crippen LogP contribution in [-0.2, 0) is 24.3 Å². The molecule has 5 rings (SSSR count). The second-order valence-electron chi connectivity index (χ2n) is 8.73. The largest absolute Gasteiger partial charge is 0.361 e. The van der Waals surface area contributed by atoms with Crippen molar-refractivity contribution in [1.29, 1.82) is 0 Å². The van der Waals surface area contributed by atoms with Gasteiger partial charge in [-0.1, -0.05) is 60.7 Å². The molecule has 0 aliphatic rings. The first-order chi connectivity index (χ1) is 17.2.